The summed E-state index contributed by atoms with van der Waals surface area (Å²) in [5, 5.41) is 0.545. The maximum atomic E-state index is 13.7. The summed E-state index contributed by atoms with van der Waals surface area (Å²) in [5.41, 5.74) is 1.64. The Balaban J connectivity index is 1.64. The molecule has 4 nitrogen and oxygen atoms in total. The van der Waals surface area contributed by atoms with Gasteiger partial charge < -0.3 is 9.72 Å². The third-order valence-electron chi connectivity index (χ3n) is 4.07. The summed E-state index contributed by atoms with van der Waals surface area (Å²) >= 11 is 0. The summed E-state index contributed by atoms with van der Waals surface area (Å²) < 4.78 is 19.4. The standard InChI is InChI=1S/C21H15FN2O2/c22-18-10-3-1-6-15(18)13-26-16-8-5-7-14(12-16)20-23-19-11-4-2-9-17(19)21(25)24-20/h1-12H,13H2,(H,23,24,25). The number of halogens is 1. The Labute approximate surface area is 148 Å². The third-order valence-corrected chi connectivity index (χ3v) is 4.07. The van der Waals surface area contributed by atoms with E-state index >= 15 is 0 Å². The number of hydrogen-bond donors (Lipinski definition) is 1. The van der Waals surface area contributed by atoms with Gasteiger partial charge in [-0.3, -0.25) is 4.79 Å². The van der Waals surface area contributed by atoms with E-state index in [1.165, 1.54) is 6.07 Å². The third kappa shape index (κ3) is 3.19. The molecule has 0 fully saturated rings. The molecule has 0 saturated heterocycles. The van der Waals surface area contributed by atoms with Crippen LogP contribution in [0.15, 0.2) is 77.6 Å². The Bertz CT molecular complexity index is 1140. The van der Waals surface area contributed by atoms with Crippen molar-refractivity contribution in [3.63, 3.8) is 0 Å². The highest BCUT2D eigenvalue weighted by Crippen LogP contribution is 2.22. The van der Waals surface area contributed by atoms with Crippen LogP contribution < -0.4 is 10.3 Å². The monoisotopic (exact) mass is 346 g/mol. The van der Waals surface area contributed by atoms with E-state index in [9.17, 15) is 9.18 Å². The second-order valence-electron chi connectivity index (χ2n) is 5.84. The van der Waals surface area contributed by atoms with E-state index in [0.717, 1.165) is 5.56 Å². The lowest BCUT2D eigenvalue weighted by molar-refractivity contribution is 0.300. The van der Waals surface area contributed by atoms with Gasteiger partial charge in [0.1, 0.15) is 24.0 Å². The molecule has 0 atom stereocenters. The highest BCUT2D eigenvalue weighted by molar-refractivity contribution is 5.79. The number of aromatic nitrogens is 2. The van der Waals surface area contributed by atoms with Crippen molar-refractivity contribution in [2.45, 2.75) is 6.61 Å². The van der Waals surface area contributed by atoms with Crippen LogP contribution in [0, 0.1) is 5.82 Å². The average molecular weight is 346 g/mol. The minimum absolute atomic E-state index is 0.123. The molecule has 0 spiro atoms. The van der Waals surface area contributed by atoms with E-state index in [1.807, 2.05) is 12.1 Å². The first-order valence-corrected chi connectivity index (χ1v) is 8.16. The van der Waals surface area contributed by atoms with Gasteiger partial charge in [0.25, 0.3) is 5.56 Å². The molecule has 0 saturated carbocycles. The number of ether oxygens (including phenoxy) is 1. The van der Waals surface area contributed by atoms with Crippen molar-refractivity contribution in [3.05, 3.63) is 94.5 Å². The lowest BCUT2D eigenvalue weighted by Crippen LogP contribution is -2.09. The van der Waals surface area contributed by atoms with Crippen LogP contribution in [-0.4, -0.2) is 9.97 Å². The number of para-hydroxylation sites is 1. The quantitative estimate of drug-likeness (QED) is 0.599. The van der Waals surface area contributed by atoms with Gasteiger partial charge in [-0.25, -0.2) is 9.37 Å². The van der Waals surface area contributed by atoms with Crippen molar-refractivity contribution < 1.29 is 9.13 Å². The van der Waals surface area contributed by atoms with Gasteiger partial charge in [0.15, 0.2) is 0 Å². The number of fused-ring (bicyclic) bond motifs is 1. The summed E-state index contributed by atoms with van der Waals surface area (Å²) in [6.45, 7) is 0.123. The molecule has 1 N–H and O–H groups in total. The van der Waals surface area contributed by atoms with E-state index in [-0.39, 0.29) is 18.0 Å². The summed E-state index contributed by atoms with van der Waals surface area (Å²) in [7, 11) is 0. The van der Waals surface area contributed by atoms with Crippen molar-refractivity contribution in [2.24, 2.45) is 0 Å². The van der Waals surface area contributed by atoms with Crippen LogP contribution in [0.4, 0.5) is 4.39 Å². The average Bonchev–Trinajstić information content (AvgIpc) is 2.68. The number of rotatable bonds is 4. The lowest BCUT2D eigenvalue weighted by Gasteiger charge is -2.09. The normalized spacial score (nSPS) is 10.8. The molecule has 0 aliphatic carbocycles. The highest BCUT2D eigenvalue weighted by Gasteiger charge is 2.07. The van der Waals surface area contributed by atoms with Crippen LogP contribution in [0.25, 0.3) is 22.3 Å². The Kier molecular flexibility index (Phi) is 4.19. The van der Waals surface area contributed by atoms with Crippen molar-refractivity contribution >= 4 is 10.9 Å². The summed E-state index contributed by atoms with van der Waals surface area (Å²) in [6, 6.07) is 20.9. The fourth-order valence-electron chi connectivity index (χ4n) is 2.73. The molecule has 128 valence electrons. The zero-order chi connectivity index (χ0) is 17.9. The van der Waals surface area contributed by atoms with Gasteiger partial charge in [0.05, 0.1) is 10.9 Å². The molecule has 0 aliphatic rings. The number of nitrogens with zero attached hydrogens (tertiary/aromatic N) is 1. The number of hydrogen-bond acceptors (Lipinski definition) is 3. The summed E-state index contributed by atoms with van der Waals surface area (Å²) in [5.74, 6) is 0.732. The molecular formula is C21H15FN2O2. The SMILES string of the molecule is O=c1[nH]c(-c2cccc(OCc3ccccc3F)c2)nc2ccccc12. The first kappa shape index (κ1) is 16.0. The molecule has 3 aromatic carbocycles. The first-order valence-electron chi connectivity index (χ1n) is 8.16. The van der Waals surface area contributed by atoms with E-state index in [1.54, 1.807) is 54.6 Å². The molecule has 1 heterocycles. The zero-order valence-electron chi connectivity index (χ0n) is 13.8. The molecule has 0 unspecified atom stereocenters. The van der Waals surface area contributed by atoms with E-state index in [2.05, 4.69) is 9.97 Å². The first-order chi connectivity index (χ1) is 12.7. The molecular weight excluding hydrogens is 331 g/mol. The molecule has 4 rings (SSSR count). The summed E-state index contributed by atoms with van der Waals surface area (Å²) in [4.78, 5) is 19.5. The van der Waals surface area contributed by atoms with Crippen LogP contribution in [0.3, 0.4) is 0 Å². The molecule has 4 aromatic rings. The Hall–Kier alpha value is -3.47. The maximum Gasteiger partial charge on any atom is 0.259 e. The highest BCUT2D eigenvalue weighted by atomic mass is 19.1. The van der Waals surface area contributed by atoms with Gasteiger partial charge in [-0.1, -0.05) is 42.5 Å². The molecule has 0 aliphatic heterocycles. The molecule has 0 bridgehead atoms. The second kappa shape index (κ2) is 6.80. The maximum absolute atomic E-state index is 13.7. The molecule has 26 heavy (non-hydrogen) atoms. The van der Waals surface area contributed by atoms with Gasteiger partial charge in [-0.2, -0.15) is 0 Å². The van der Waals surface area contributed by atoms with Crippen molar-refractivity contribution in [3.8, 4) is 17.1 Å². The molecule has 0 radical (unpaired) electrons. The number of aromatic amines is 1. The number of nitrogens with one attached hydrogen (secondary N) is 1. The van der Waals surface area contributed by atoms with Gasteiger partial charge >= 0.3 is 0 Å². The fraction of sp³-hybridized carbons (Fsp3) is 0.0476. The van der Waals surface area contributed by atoms with Crippen LogP contribution >= 0.6 is 0 Å². The predicted molar refractivity (Wildman–Crippen MR) is 98.5 cm³/mol. The molecule has 0 amide bonds. The van der Waals surface area contributed by atoms with Gasteiger partial charge in [0.2, 0.25) is 0 Å². The van der Waals surface area contributed by atoms with Crippen LogP contribution in [0.2, 0.25) is 0 Å². The van der Waals surface area contributed by atoms with Gasteiger partial charge in [0, 0.05) is 11.1 Å². The minimum atomic E-state index is -0.302. The van der Waals surface area contributed by atoms with Crippen LogP contribution in [-0.2, 0) is 6.61 Å². The van der Waals surface area contributed by atoms with Gasteiger partial charge in [-0.15, -0.1) is 0 Å². The Morgan fingerprint density at radius 2 is 1.77 bits per heavy atom. The topological polar surface area (TPSA) is 55.0 Å². The van der Waals surface area contributed by atoms with Crippen molar-refractivity contribution in [1.82, 2.24) is 9.97 Å². The minimum Gasteiger partial charge on any atom is -0.489 e. The molecule has 1 aromatic heterocycles. The lowest BCUT2D eigenvalue weighted by atomic mass is 10.2. The zero-order valence-corrected chi connectivity index (χ0v) is 13.8. The van der Waals surface area contributed by atoms with E-state index in [4.69, 9.17) is 4.74 Å². The summed E-state index contributed by atoms with van der Waals surface area (Å²) in [6.07, 6.45) is 0. The van der Waals surface area contributed by atoms with E-state index in [0.29, 0.717) is 28.0 Å². The van der Waals surface area contributed by atoms with Crippen molar-refractivity contribution in [1.29, 1.82) is 0 Å². The predicted octanol–water partition coefficient (Wildman–Crippen LogP) is 4.31. The Morgan fingerprint density at radius 1 is 0.962 bits per heavy atom. The Morgan fingerprint density at radius 3 is 2.65 bits per heavy atom. The van der Waals surface area contributed by atoms with Crippen molar-refractivity contribution in [2.75, 3.05) is 0 Å². The fourth-order valence-corrected chi connectivity index (χ4v) is 2.73. The number of H-pyrrole nitrogens is 1. The molecule has 5 heteroatoms. The second-order valence-corrected chi connectivity index (χ2v) is 5.84. The van der Waals surface area contributed by atoms with E-state index < -0.39 is 0 Å². The van der Waals surface area contributed by atoms with Gasteiger partial charge in [-0.05, 0) is 30.3 Å². The van der Waals surface area contributed by atoms with Crippen LogP contribution in [0.1, 0.15) is 5.56 Å². The smallest absolute Gasteiger partial charge is 0.259 e. The number of benzene rings is 3. The largest absolute Gasteiger partial charge is 0.489 e. The van der Waals surface area contributed by atoms with Crippen LogP contribution in [0.5, 0.6) is 5.75 Å².